The summed E-state index contributed by atoms with van der Waals surface area (Å²) in [4.78, 5) is 2.24. The molecule has 4 atom stereocenters. The van der Waals surface area contributed by atoms with E-state index in [4.69, 9.17) is 0 Å². The lowest BCUT2D eigenvalue weighted by atomic mass is 9.76. The van der Waals surface area contributed by atoms with E-state index in [2.05, 4.69) is 38.0 Å². The quantitative estimate of drug-likeness (QED) is 0.803. The van der Waals surface area contributed by atoms with E-state index in [-0.39, 0.29) is 5.75 Å². The van der Waals surface area contributed by atoms with Gasteiger partial charge in [-0.3, -0.25) is 0 Å². The summed E-state index contributed by atoms with van der Waals surface area (Å²) >= 11 is 0. The number of nitrogens with one attached hydrogen (secondary N) is 1. The molecule has 0 aromatic heterocycles. The molecule has 0 spiro atoms. The van der Waals surface area contributed by atoms with Crippen molar-refractivity contribution in [1.82, 2.24) is 10.2 Å². The van der Waals surface area contributed by atoms with Crippen LogP contribution in [0.25, 0.3) is 0 Å². The maximum atomic E-state index is 11.3. The smallest absolute Gasteiger partial charge is 0.148 e. The molecule has 0 amide bonds. The summed E-state index contributed by atoms with van der Waals surface area (Å²) in [5.74, 6) is 1.61. The van der Waals surface area contributed by atoms with Gasteiger partial charge in [-0.15, -0.1) is 0 Å². The highest BCUT2D eigenvalue weighted by atomic mass is 32.2. The van der Waals surface area contributed by atoms with Crippen molar-refractivity contribution in [2.45, 2.75) is 45.7 Å². The first-order chi connectivity index (χ1) is 8.74. The van der Waals surface area contributed by atoms with Crippen molar-refractivity contribution < 1.29 is 8.42 Å². The molecule has 1 rings (SSSR count). The molecule has 4 unspecified atom stereocenters. The number of nitrogens with zero attached hydrogens (tertiary/aromatic N) is 1. The first kappa shape index (κ1) is 16.9. The summed E-state index contributed by atoms with van der Waals surface area (Å²) in [7, 11) is -0.816. The van der Waals surface area contributed by atoms with Crippen LogP contribution in [0.5, 0.6) is 0 Å². The van der Waals surface area contributed by atoms with Crippen LogP contribution in [-0.2, 0) is 9.84 Å². The Hall–Kier alpha value is -0.130. The Morgan fingerprint density at radius 3 is 2.42 bits per heavy atom. The molecular weight excluding hydrogens is 260 g/mol. The van der Waals surface area contributed by atoms with Gasteiger partial charge in [-0.2, -0.15) is 0 Å². The Labute approximate surface area is 118 Å². The summed E-state index contributed by atoms with van der Waals surface area (Å²) in [6.45, 7) is 8.34. The fourth-order valence-electron chi connectivity index (χ4n) is 3.51. The van der Waals surface area contributed by atoms with Crippen molar-refractivity contribution in [3.63, 3.8) is 0 Å². The van der Waals surface area contributed by atoms with E-state index in [1.54, 1.807) is 0 Å². The minimum absolute atomic E-state index is 0.251. The van der Waals surface area contributed by atoms with Crippen molar-refractivity contribution in [1.29, 1.82) is 0 Å². The Balaban J connectivity index is 2.69. The molecule has 19 heavy (non-hydrogen) atoms. The van der Waals surface area contributed by atoms with Crippen molar-refractivity contribution in [3.05, 3.63) is 0 Å². The molecule has 114 valence electrons. The zero-order valence-corrected chi connectivity index (χ0v) is 13.8. The van der Waals surface area contributed by atoms with Gasteiger partial charge in [0.15, 0.2) is 0 Å². The SMILES string of the molecule is CCNC1CC(C)CC(C)C1N(C)CCS(C)(=O)=O. The van der Waals surface area contributed by atoms with E-state index in [0.717, 1.165) is 12.5 Å². The van der Waals surface area contributed by atoms with E-state index < -0.39 is 9.84 Å². The van der Waals surface area contributed by atoms with Crippen LogP contribution in [0.15, 0.2) is 0 Å². The zero-order chi connectivity index (χ0) is 14.6. The highest BCUT2D eigenvalue weighted by Gasteiger charge is 2.35. The van der Waals surface area contributed by atoms with Gasteiger partial charge in [-0.25, -0.2) is 8.42 Å². The highest BCUT2D eigenvalue weighted by Crippen LogP contribution is 2.31. The molecule has 4 nitrogen and oxygen atoms in total. The average molecular weight is 290 g/mol. The molecule has 1 aliphatic rings. The highest BCUT2D eigenvalue weighted by molar-refractivity contribution is 7.90. The summed E-state index contributed by atoms with van der Waals surface area (Å²) < 4.78 is 22.6. The minimum Gasteiger partial charge on any atom is -0.313 e. The first-order valence-corrected chi connectivity index (χ1v) is 9.42. The Bertz CT molecular complexity index is 370. The van der Waals surface area contributed by atoms with Gasteiger partial charge in [0.25, 0.3) is 0 Å². The second-order valence-corrected chi connectivity index (χ2v) is 8.58. The number of hydrogen-bond acceptors (Lipinski definition) is 4. The van der Waals surface area contributed by atoms with E-state index in [9.17, 15) is 8.42 Å². The summed E-state index contributed by atoms with van der Waals surface area (Å²) in [6.07, 6.45) is 3.73. The molecule has 0 aliphatic heterocycles. The van der Waals surface area contributed by atoms with Crippen molar-refractivity contribution >= 4 is 9.84 Å². The molecule has 0 bridgehead atoms. The van der Waals surface area contributed by atoms with Crippen LogP contribution in [0.1, 0.15) is 33.6 Å². The Morgan fingerprint density at radius 2 is 1.89 bits per heavy atom. The Kier molecular flexibility index (Phi) is 6.27. The zero-order valence-electron chi connectivity index (χ0n) is 13.0. The number of sulfone groups is 1. The van der Waals surface area contributed by atoms with Crippen molar-refractivity contribution in [2.24, 2.45) is 11.8 Å². The third-order valence-corrected chi connectivity index (χ3v) is 5.14. The molecule has 0 saturated heterocycles. The largest absolute Gasteiger partial charge is 0.313 e. The van der Waals surface area contributed by atoms with Crippen LogP contribution in [0.4, 0.5) is 0 Å². The van der Waals surface area contributed by atoms with Gasteiger partial charge in [0.05, 0.1) is 5.75 Å². The van der Waals surface area contributed by atoms with Crippen LogP contribution >= 0.6 is 0 Å². The van der Waals surface area contributed by atoms with Crippen LogP contribution in [0.3, 0.4) is 0 Å². The second kappa shape index (κ2) is 7.04. The average Bonchev–Trinajstić information content (AvgIpc) is 2.24. The van der Waals surface area contributed by atoms with Gasteiger partial charge in [0.1, 0.15) is 9.84 Å². The number of rotatable bonds is 6. The molecule has 1 N–H and O–H groups in total. The fourth-order valence-corrected chi connectivity index (χ4v) is 4.13. The normalized spacial score (nSPS) is 32.7. The third kappa shape index (κ3) is 5.40. The Morgan fingerprint density at radius 1 is 1.26 bits per heavy atom. The van der Waals surface area contributed by atoms with E-state index in [1.807, 2.05) is 0 Å². The van der Waals surface area contributed by atoms with Crippen molar-refractivity contribution in [3.8, 4) is 0 Å². The molecule has 0 heterocycles. The van der Waals surface area contributed by atoms with Crippen LogP contribution in [0, 0.1) is 11.8 Å². The van der Waals surface area contributed by atoms with Gasteiger partial charge < -0.3 is 10.2 Å². The topological polar surface area (TPSA) is 49.4 Å². The van der Waals surface area contributed by atoms with Gasteiger partial charge in [-0.05, 0) is 38.3 Å². The van der Waals surface area contributed by atoms with Crippen LogP contribution in [0.2, 0.25) is 0 Å². The van der Waals surface area contributed by atoms with Gasteiger partial charge in [-0.1, -0.05) is 20.8 Å². The second-order valence-electron chi connectivity index (χ2n) is 6.32. The first-order valence-electron chi connectivity index (χ1n) is 7.36. The standard InChI is InChI=1S/C14H30N2O2S/c1-6-15-13-10-11(2)9-12(3)14(13)16(4)7-8-19(5,17)18/h11-15H,6-10H2,1-5H3. The van der Waals surface area contributed by atoms with E-state index in [1.165, 1.54) is 19.1 Å². The summed E-state index contributed by atoms with van der Waals surface area (Å²) in [5, 5.41) is 3.58. The van der Waals surface area contributed by atoms with Crippen LogP contribution in [-0.4, -0.2) is 57.5 Å². The predicted octanol–water partition coefficient (Wildman–Crippen LogP) is 1.38. The molecule has 1 aliphatic carbocycles. The van der Waals surface area contributed by atoms with Gasteiger partial charge in [0.2, 0.25) is 0 Å². The van der Waals surface area contributed by atoms with Crippen molar-refractivity contribution in [2.75, 3.05) is 32.1 Å². The molecule has 0 radical (unpaired) electrons. The van der Waals surface area contributed by atoms with E-state index >= 15 is 0 Å². The lowest BCUT2D eigenvalue weighted by molar-refractivity contribution is 0.0854. The van der Waals surface area contributed by atoms with Crippen LogP contribution < -0.4 is 5.32 Å². The van der Waals surface area contributed by atoms with Gasteiger partial charge >= 0.3 is 0 Å². The van der Waals surface area contributed by atoms with Gasteiger partial charge in [0, 0.05) is 24.9 Å². The molecule has 0 aromatic rings. The number of likely N-dealkylation sites (N-methyl/N-ethyl adjacent to an activating group) is 2. The maximum Gasteiger partial charge on any atom is 0.148 e. The van der Waals surface area contributed by atoms with E-state index in [0.29, 0.717) is 24.5 Å². The summed E-state index contributed by atoms with van der Waals surface area (Å²) in [5.41, 5.74) is 0. The number of hydrogen-bond donors (Lipinski definition) is 1. The monoisotopic (exact) mass is 290 g/mol. The fraction of sp³-hybridized carbons (Fsp3) is 1.00. The maximum absolute atomic E-state index is 11.3. The molecule has 1 saturated carbocycles. The third-order valence-electron chi connectivity index (χ3n) is 4.22. The lowest BCUT2D eigenvalue weighted by Crippen LogP contribution is -2.56. The molecule has 5 heteroatoms. The molecular formula is C14H30N2O2S. The summed E-state index contributed by atoms with van der Waals surface area (Å²) in [6, 6.07) is 0.922. The lowest BCUT2D eigenvalue weighted by Gasteiger charge is -2.44. The minimum atomic E-state index is -2.88. The predicted molar refractivity (Wildman–Crippen MR) is 81.2 cm³/mol. The molecule has 1 fully saturated rings. The molecule has 0 aromatic carbocycles.